The minimum atomic E-state index is -0.235. The molecule has 1 aromatic carbocycles. The molecular weight excluding hydrogens is 186 g/mol. The van der Waals surface area contributed by atoms with Gasteiger partial charge in [-0.25, -0.2) is 0 Å². The van der Waals surface area contributed by atoms with Crippen LogP contribution in [-0.4, -0.2) is 7.11 Å². The monoisotopic (exact) mass is 201 g/mol. The fourth-order valence-electron chi connectivity index (χ4n) is 2.11. The molecule has 2 rings (SSSR count). The molecule has 0 aromatic heterocycles. The highest BCUT2D eigenvalue weighted by atomic mass is 16.5. The first-order valence-corrected chi connectivity index (χ1v) is 5.28. The lowest BCUT2D eigenvalue weighted by Crippen LogP contribution is -2.32. The number of rotatable bonds is 2. The summed E-state index contributed by atoms with van der Waals surface area (Å²) in [6.07, 6.45) is 3.12. The second-order valence-corrected chi connectivity index (χ2v) is 4.23. The molecule has 1 fully saturated rings. The normalized spacial score (nSPS) is 17.7. The number of ether oxygens (including phenoxy) is 1. The summed E-state index contributed by atoms with van der Waals surface area (Å²) in [4.78, 5) is 0. The molecule has 0 atom stereocenters. The second kappa shape index (κ2) is 3.58. The molecule has 0 bridgehead atoms. The van der Waals surface area contributed by atoms with E-state index in [1.165, 1.54) is 0 Å². The molecule has 0 amide bonds. The average molecular weight is 201 g/mol. The smallest absolute Gasteiger partial charge is 0.122 e. The van der Waals surface area contributed by atoms with Gasteiger partial charge in [0.25, 0.3) is 0 Å². The van der Waals surface area contributed by atoms with Crippen LogP contribution < -0.4 is 4.74 Å². The Hall–Kier alpha value is -1.49. The van der Waals surface area contributed by atoms with Gasteiger partial charge in [-0.15, -0.1) is 0 Å². The van der Waals surface area contributed by atoms with Crippen LogP contribution in [0.1, 0.15) is 30.4 Å². The van der Waals surface area contributed by atoms with Crippen molar-refractivity contribution in [3.05, 3.63) is 29.3 Å². The minimum Gasteiger partial charge on any atom is -0.496 e. The van der Waals surface area contributed by atoms with Crippen molar-refractivity contribution < 1.29 is 4.74 Å². The van der Waals surface area contributed by atoms with Gasteiger partial charge in [0.2, 0.25) is 0 Å². The van der Waals surface area contributed by atoms with Crippen LogP contribution in [-0.2, 0) is 5.41 Å². The fraction of sp³-hybridized carbons (Fsp3) is 0.462. The molecule has 1 aliphatic rings. The van der Waals surface area contributed by atoms with E-state index in [1.807, 2.05) is 19.1 Å². The summed E-state index contributed by atoms with van der Waals surface area (Å²) in [6.45, 7) is 2.02. The van der Waals surface area contributed by atoms with Crippen LogP contribution in [0.2, 0.25) is 0 Å². The molecule has 2 heteroatoms. The molecule has 0 unspecified atom stereocenters. The molecule has 1 aromatic rings. The van der Waals surface area contributed by atoms with Gasteiger partial charge in [-0.05, 0) is 43.4 Å². The van der Waals surface area contributed by atoms with Crippen LogP contribution in [0.3, 0.4) is 0 Å². The summed E-state index contributed by atoms with van der Waals surface area (Å²) in [5, 5.41) is 9.23. The molecule has 1 saturated carbocycles. The third-order valence-electron chi connectivity index (χ3n) is 3.38. The zero-order chi connectivity index (χ0) is 10.9. The Balaban J connectivity index is 2.41. The van der Waals surface area contributed by atoms with Gasteiger partial charge in [-0.2, -0.15) is 5.26 Å². The molecule has 0 heterocycles. The Bertz CT molecular complexity index is 413. The van der Waals surface area contributed by atoms with Gasteiger partial charge >= 0.3 is 0 Å². The van der Waals surface area contributed by atoms with E-state index < -0.39 is 0 Å². The van der Waals surface area contributed by atoms with Crippen molar-refractivity contribution in [2.45, 2.75) is 31.6 Å². The van der Waals surface area contributed by atoms with E-state index in [0.29, 0.717) is 0 Å². The van der Waals surface area contributed by atoms with Gasteiger partial charge in [0.15, 0.2) is 0 Å². The average Bonchev–Trinajstić information content (AvgIpc) is 2.19. The van der Waals surface area contributed by atoms with Crippen LogP contribution in [0, 0.1) is 18.3 Å². The molecule has 2 nitrogen and oxygen atoms in total. The number of nitriles is 1. The van der Waals surface area contributed by atoms with Gasteiger partial charge in [0.05, 0.1) is 18.6 Å². The number of nitrogens with zero attached hydrogens (tertiary/aromatic N) is 1. The van der Waals surface area contributed by atoms with Crippen LogP contribution >= 0.6 is 0 Å². The summed E-state index contributed by atoms with van der Waals surface area (Å²) in [7, 11) is 1.67. The van der Waals surface area contributed by atoms with Crippen molar-refractivity contribution in [1.29, 1.82) is 5.26 Å². The predicted octanol–water partition coefficient (Wildman–Crippen LogP) is 2.95. The molecule has 0 radical (unpaired) electrons. The second-order valence-electron chi connectivity index (χ2n) is 4.23. The maximum atomic E-state index is 9.23. The Labute approximate surface area is 90.5 Å². The van der Waals surface area contributed by atoms with E-state index in [1.54, 1.807) is 7.11 Å². The largest absolute Gasteiger partial charge is 0.496 e. The summed E-state index contributed by atoms with van der Waals surface area (Å²) in [5.74, 6) is 0.883. The molecule has 0 spiro atoms. The Morgan fingerprint density at radius 3 is 2.60 bits per heavy atom. The topological polar surface area (TPSA) is 33.0 Å². The molecule has 1 aliphatic carbocycles. The van der Waals surface area contributed by atoms with E-state index in [0.717, 1.165) is 36.1 Å². The molecular formula is C13H15NO. The van der Waals surface area contributed by atoms with Crippen molar-refractivity contribution in [2.24, 2.45) is 0 Å². The first kappa shape index (κ1) is 10.0. The van der Waals surface area contributed by atoms with Crippen molar-refractivity contribution in [1.82, 2.24) is 0 Å². The van der Waals surface area contributed by atoms with Crippen molar-refractivity contribution >= 4 is 0 Å². The number of aryl methyl sites for hydroxylation is 1. The SMILES string of the molecule is COc1cc(C2(C#N)CCC2)ccc1C. The number of hydrogen-bond acceptors (Lipinski definition) is 2. The fourth-order valence-corrected chi connectivity index (χ4v) is 2.11. The predicted molar refractivity (Wildman–Crippen MR) is 58.9 cm³/mol. The summed E-state index contributed by atoms with van der Waals surface area (Å²) in [5.41, 5.74) is 1.99. The zero-order valence-electron chi connectivity index (χ0n) is 9.21. The quantitative estimate of drug-likeness (QED) is 0.737. The zero-order valence-corrected chi connectivity index (χ0v) is 9.21. The molecule has 0 aliphatic heterocycles. The van der Waals surface area contributed by atoms with E-state index in [-0.39, 0.29) is 5.41 Å². The third kappa shape index (κ3) is 1.48. The third-order valence-corrected chi connectivity index (χ3v) is 3.38. The van der Waals surface area contributed by atoms with Crippen molar-refractivity contribution in [3.8, 4) is 11.8 Å². The summed E-state index contributed by atoms with van der Waals surface area (Å²) < 4.78 is 5.28. The number of methoxy groups -OCH3 is 1. The van der Waals surface area contributed by atoms with E-state index in [9.17, 15) is 5.26 Å². The van der Waals surface area contributed by atoms with Crippen LogP contribution in [0.5, 0.6) is 5.75 Å². The minimum absolute atomic E-state index is 0.235. The Morgan fingerprint density at radius 1 is 1.40 bits per heavy atom. The van der Waals surface area contributed by atoms with Gasteiger partial charge in [-0.1, -0.05) is 12.1 Å². The van der Waals surface area contributed by atoms with Gasteiger partial charge in [-0.3, -0.25) is 0 Å². The van der Waals surface area contributed by atoms with E-state index in [2.05, 4.69) is 12.1 Å². The summed E-state index contributed by atoms with van der Waals surface area (Å²) in [6, 6.07) is 8.55. The number of hydrogen-bond donors (Lipinski definition) is 0. The lowest BCUT2D eigenvalue weighted by Gasteiger charge is -2.35. The van der Waals surface area contributed by atoms with Gasteiger partial charge in [0.1, 0.15) is 5.75 Å². The number of benzene rings is 1. The lowest BCUT2D eigenvalue weighted by atomic mass is 9.65. The molecule has 0 saturated heterocycles. The summed E-state index contributed by atoms with van der Waals surface area (Å²) >= 11 is 0. The highest BCUT2D eigenvalue weighted by Crippen LogP contribution is 2.44. The Kier molecular flexibility index (Phi) is 2.40. The van der Waals surface area contributed by atoms with Gasteiger partial charge in [0, 0.05) is 0 Å². The first-order valence-electron chi connectivity index (χ1n) is 5.28. The van der Waals surface area contributed by atoms with Crippen molar-refractivity contribution in [2.75, 3.05) is 7.11 Å². The highest BCUT2D eigenvalue weighted by molar-refractivity contribution is 5.43. The first-order chi connectivity index (χ1) is 7.22. The molecule has 0 N–H and O–H groups in total. The Morgan fingerprint density at radius 2 is 2.13 bits per heavy atom. The van der Waals surface area contributed by atoms with E-state index in [4.69, 9.17) is 4.74 Å². The standard InChI is InChI=1S/C13H15NO/c1-10-4-5-11(8-12(10)15-2)13(9-14)6-3-7-13/h4-5,8H,3,6-7H2,1-2H3. The molecule has 15 heavy (non-hydrogen) atoms. The highest BCUT2D eigenvalue weighted by Gasteiger charge is 2.39. The van der Waals surface area contributed by atoms with Crippen LogP contribution in [0.25, 0.3) is 0 Å². The van der Waals surface area contributed by atoms with Crippen LogP contribution in [0.15, 0.2) is 18.2 Å². The van der Waals surface area contributed by atoms with Gasteiger partial charge < -0.3 is 4.74 Å². The molecule has 78 valence electrons. The van der Waals surface area contributed by atoms with Crippen molar-refractivity contribution in [3.63, 3.8) is 0 Å². The van der Waals surface area contributed by atoms with Crippen LogP contribution in [0.4, 0.5) is 0 Å². The maximum absolute atomic E-state index is 9.23. The maximum Gasteiger partial charge on any atom is 0.122 e. The lowest BCUT2D eigenvalue weighted by molar-refractivity contribution is 0.322. The van der Waals surface area contributed by atoms with E-state index >= 15 is 0 Å².